The van der Waals surface area contributed by atoms with E-state index in [0.717, 1.165) is 32.6 Å². The largest absolute Gasteiger partial charge is 0.382 e. The molecule has 3 rings (SSSR count). The van der Waals surface area contributed by atoms with Crippen molar-refractivity contribution in [1.82, 2.24) is 9.78 Å². The average Bonchev–Trinajstić information content (AvgIpc) is 3.01. The fourth-order valence-electron chi connectivity index (χ4n) is 2.94. The maximum atomic E-state index is 5.44. The van der Waals surface area contributed by atoms with Crippen molar-refractivity contribution in [1.29, 1.82) is 0 Å². The first-order valence-electron chi connectivity index (χ1n) is 7.72. The van der Waals surface area contributed by atoms with Gasteiger partial charge in [-0.15, -0.1) is 0 Å². The van der Waals surface area contributed by atoms with Crippen LogP contribution in [0.4, 0.5) is 5.69 Å². The van der Waals surface area contributed by atoms with Gasteiger partial charge >= 0.3 is 0 Å². The van der Waals surface area contributed by atoms with Gasteiger partial charge in [-0.1, -0.05) is 12.1 Å². The second-order valence-corrected chi connectivity index (χ2v) is 5.79. The number of anilines is 1. The van der Waals surface area contributed by atoms with E-state index in [-0.39, 0.29) is 0 Å². The molecule has 1 aromatic heterocycles. The van der Waals surface area contributed by atoms with Gasteiger partial charge in [-0.05, 0) is 49.4 Å². The third-order valence-corrected chi connectivity index (χ3v) is 4.20. The van der Waals surface area contributed by atoms with Crippen LogP contribution in [-0.4, -0.2) is 29.0 Å². The molecule has 112 valence electrons. The molecule has 1 saturated heterocycles. The lowest BCUT2D eigenvalue weighted by atomic mass is 9.93. The molecule has 0 amide bonds. The van der Waals surface area contributed by atoms with Crippen LogP contribution in [0.1, 0.15) is 25.3 Å². The first-order chi connectivity index (χ1) is 10.3. The van der Waals surface area contributed by atoms with Crippen LogP contribution >= 0.6 is 0 Å². The minimum absolute atomic E-state index is 0.480. The van der Waals surface area contributed by atoms with Gasteiger partial charge in [-0.2, -0.15) is 5.10 Å². The van der Waals surface area contributed by atoms with E-state index >= 15 is 0 Å². The summed E-state index contributed by atoms with van der Waals surface area (Å²) < 4.78 is 7.39. The first-order valence-corrected chi connectivity index (χ1v) is 7.72. The van der Waals surface area contributed by atoms with E-state index in [1.807, 2.05) is 23.1 Å². The monoisotopic (exact) mass is 285 g/mol. The van der Waals surface area contributed by atoms with Gasteiger partial charge in [0.2, 0.25) is 0 Å². The molecule has 1 aromatic carbocycles. The molecule has 21 heavy (non-hydrogen) atoms. The molecule has 2 heterocycles. The second-order valence-electron chi connectivity index (χ2n) is 5.79. The van der Waals surface area contributed by atoms with E-state index < -0.39 is 0 Å². The number of nitrogens with one attached hydrogen (secondary N) is 1. The number of rotatable bonds is 5. The van der Waals surface area contributed by atoms with Crippen molar-refractivity contribution in [2.45, 2.75) is 32.4 Å². The highest BCUT2D eigenvalue weighted by atomic mass is 16.5. The van der Waals surface area contributed by atoms with Gasteiger partial charge in [0.05, 0.1) is 6.54 Å². The Balaban J connectivity index is 1.62. The summed E-state index contributed by atoms with van der Waals surface area (Å²) in [7, 11) is 0. The maximum absolute atomic E-state index is 5.44. The van der Waals surface area contributed by atoms with Crippen LogP contribution in [0.25, 0.3) is 0 Å². The summed E-state index contributed by atoms with van der Waals surface area (Å²) in [5.41, 5.74) is 2.46. The number of ether oxygens (including phenoxy) is 1. The van der Waals surface area contributed by atoms with Crippen LogP contribution < -0.4 is 5.32 Å². The van der Waals surface area contributed by atoms with Gasteiger partial charge in [-0.3, -0.25) is 4.68 Å². The van der Waals surface area contributed by atoms with Crippen LogP contribution in [0.2, 0.25) is 0 Å². The van der Waals surface area contributed by atoms with Crippen molar-refractivity contribution >= 4 is 5.69 Å². The summed E-state index contributed by atoms with van der Waals surface area (Å²) in [5.74, 6) is 0.702. The molecule has 1 aliphatic rings. The van der Waals surface area contributed by atoms with Crippen molar-refractivity contribution in [3.05, 3.63) is 48.3 Å². The van der Waals surface area contributed by atoms with E-state index in [1.165, 1.54) is 11.3 Å². The predicted octanol–water partition coefficient (Wildman–Crippen LogP) is 3.16. The van der Waals surface area contributed by atoms with Crippen LogP contribution in [-0.2, 0) is 11.3 Å². The number of aromatic nitrogens is 2. The fourth-order valence-corrected chi connectivity index (χ4v) is 2.94. The van der Waals surface area contributed by atoms with Gasteiger partial charge in [0.25, 0.3) is 0 Å². The summed E-state index contributed by atoms with van der Waals surface area (Å²) in [5, 5.41) is 7.90. The van der Waals surface area contributed by atoms with Gasteiger partial charge in [-0.25, -0.2) is 0 Å². The third kappa shape index (κ3) is 3.85. The Morgan fingerprint density at radius 1 is 1.33 bits per heavy atom. The van der Waals surface area contributed by atoms with Gasteiger partial charge in [0.15, 0.2) is 0 Å². The molecule has 0 spiro atoms. The molecule has 1 fully saturated rings. The number of nitrogens with zero attached hydrogens (tertiary/aromatic N) is 2. The van der Waals surface area contributed by atoms with Crippen molar-refractivity contribution < 1.29 is 4.74 Å². The first kappa shape index (κ1) is 14.1. The molecule has 1 N–H and O–H groups in total. The second kappa shape index (κ2) is 6.76. The molecule has 0 unspecified atom stereocenters. The average molecular weight is 285 g/mol. The number of hydrogen-bond acceptors (Lipinski definition) is 3. The normalized spacial score (nSPS) is 17.6. The van der Waals surface area contributed by atoms with Crippen molar-refractivity contribution in [2.24, 2.45) is 5.92 Å². The maximum Gasteiger partial charge on any atom is 0.0660 e. The van der Waals surface area contributed by atoms with Crippen LogP contribution in [0.15, 0.2) is 42.7 Å². The molecule has 0 radical (unpaired) electrons. The highest BCUT2D eigenvalue weighted by Crippen LogP contribution is 2.22. The minimum Gasteiger partial charge on any atom is -0.382 e. The quantitative estimate of drug-likeness (QED) is 0.917. The molecule has 1 atom stereocenters. The highest BCUT2D eigenvalue weighted by molar-refractivity contribution is 5.46. The molecule has 0 aliphatic carbocycles. The Morgan fingerprint density at radius 3 is 2.95 bits per heavy atom. The number of hydrogen-bond donors (Lipinski definition) is 1. The van der Waals surface area contributed by atoms with Crippen molar-refractivity contribution in [2.75, 3.05) is 18.5 Å². The van der Waals surface area contributed by atoms with Crippen LogP contribution in [0.3, 0.4) is 0 Å². The lowest BCUT2D eigenvalue weighted by molar-refractivity contribution is 0.0622. The fraction of sp³-hybridized carbons (Fsp3) is 0.471. The van der Waals surface area contributed by atoms with E-state index in [4.69, 9.17) is 4.74 Å². The van der Waals surface area contributed by atoms with Crippen LogP contribution in [0.5, 0.6) is 0 Å². The van der Waals surface area contributed by atoms with Gasteiger partial charge in [0, 0.05) is 37.3 Å². The minimum atomic E-state index is 0.480. The Labute approximate surface area is 126 Å². The van der Waals surface area contributed by atoms with E-state index in [0.29, 0.717) is 12.0 Å². The summed E-state index contributed by atoms with van der Waals surface area (Å²) >= 11 is 0. The van der Waals surface area contributed by atoms with Crippen molar-refractivity contribution in [3.8, 4) is 0 Å². The molecule has 0 saturated carbocycles. The summed E-state index contributed by atoms with van der Waals surface area (Å²) in [6, 6.07) is 11.0. The Kier molecular flexibility index (Phi) is 4.55. The summed E-state index contributed by atoms with van der Waals surface area (Å²) in [4.78, 5) is 0. The zero-order valence-corrected chi connectivity index (χ0v) is 12.5. The predicted molar refractivity (Wildman–Crippen MR) is 84.4 cm³/mol. The number of benzene rings is 1. The molecule has 4 nitrogen and oxygen atoms in total. The lowest BCUT2D eigenvalue weighted by Gasteiger charge is -2.29. The topological polar surface area (TPSA) is 39.1 Å². The Bertz CT molecular complexity index is 547. The van der Waals surface area contributed by atoms with Crippen molar-refractivity contribution in [3.63, 3.8) is 0 Å². The van der Waals surface area contributed by atoms with Gasteiger partial charge in [0.1, 0.15) is 0 Å². The SMILES string of the molecule is C[C@@H](Nc1cccc(Cn2cccn2)c1)C1CCOCC1. The molecular formula is C17H23N3O. The lowest BCUT2D eigenvalue weighted by Crippen LogP contribution is -2.30. The van der Waals surface area contributed by atoms with Gasteiger partial charge < -0.3 is 10.1 Å². The molecule has 0 bridgehead atoms. The van der Waals surface area contributed by atoms with E-state index in [9.17, 15) is 0 Å². The van der Waals surface area contributed by atoms with Crippen LogP contribution in [0, 0.1) is 5.92 Å². The third-order valence-electron chi connectivity index (χ3n) is 4.20. The zero-order valence-electron chi connectivity index (χ0n) is 12.5. The van der Waals surface area contributed by atoms with E-state index in [1.54, 1.807) is 0 Å². The Morgan fingerprint density at radius 2 is 2.19 bits per heavy atom. The molecule has 1 aliphatic heterocycles. The van der Waals surface area contributed by atoms with E-state index in [2.05, 4.69) is 41.6 Å². The zero-order chi connectivity index (χ0) is 14.5. The molecule has 2 aromatic rings. The smallest absolute Gasteiger partial charge is 0.0660 e. The summed E-state index contributed by atoms with van der Waals surface area (Å²) in [6.07, 6.45) is 6.11. The Hall–Kier alpha value is -1.81. The standard InChI is InChI=1S/C17H23N3O/c1-14(16-6-10-21-11-7-16)19-17-5-2-4-15(12-17)13-20-9-3-8-18-20/h2-5,8-9,12,14,16,19H,6-7,10-11,13H2,1H3/t14-/m1/s1. The summed E-state index contributed by atoms with van der Waals surface area (Å²) in [6.45, 7) is 4.89. The molecular weight excluding hydrogens is 262 g/mol. The molecule has 4 heteroatoms. The highest BCUT2D eigenvalue weighted by Gasteiger charge is 2.20.